The number of hydrogen-bond donors (Lipinski definition) is 1. The minimum atomic E-state index is 0.508. The highest BCUT2D eigenvalue weighted by Gasteiger charge is 2.09. The summed E-state index contributed by atoms with van der Waals surface area (Å²) >= 11 is 7.06. The number of hydrogen-bond acceptors (Lipinski definition) is 2. The Kier molecular flexibility index (Phi) is 5.24. The largest absolute Gasteiger partial charge is 0.487 e. The standard InChI is InChI=1S/C16H17Br2NO/c1-10-3-11(2)5-13(4-10)9-20-16-14(17)6-12(8-19)7-15(16)18/h3-7H,8-9,19H2,1-2H3. The molecule has 2 N–H and O–H groups in total. The molecule has 2 nitrogen and oxygen atoms in total. The van der Waals surface area contributed by atoms with Gasteiger partial charge in [0.05, 0.1) is 8.95 Å². The molecule has 0 unspecified atom stereocenters. The van der Waals surface area contributed by atoms with Crippen molar-refractivity contribution >= 4 is 31.9 Å². The van der Waals surface area contributed by atoms with Crippen molar-refractivity contribution in [1.82, 2.24) is 0 Å². The number of ether oxygens (including phenoxy) is 1. The van der Waals surface area contributed by atoms with Gasteiger partial charge in [-0.3, -0.25) is 0 Å². The predicted octanol–water partition coefficient (Wildman–Crippen LogP) is 4.87. The van der Waals surface area contributed by atoms with Crippen LogP contribution in [0.2, 0.25) is 0 Å². The second kappa shape index (κ2) is 6.74. The van der Waals surface area contributed by atoms with Gasteiger partial charge >= 0.3 is 0 Å². The Balaban J connectivity index is 2.18. The summed E-state index contributed by atoms with van der Waals surface area (Å²) < 4.78 is 7.76. The normalized spacial score (nSPS) is 10.7. The van der Waals surface area contributed by atoms with E-state index in [9.17, 15) is 0 Å². The molecule has 0 spiro atoms. The molecule has 0 fully saturated rings. The molecule has 0 amide bonds. The summed E-state index contributed by atoms with van der Waals surface area (Å²) in [6.07, 6.45) is 0. The number of rotatable bonds is 4. The van der Waals surface area contributed by atoms with Crippen LogP contribution in [0, 0.1) is 13.8 Å². The Morgan fingerprint density at radius 1 is 0.900 bits per heavy atom. The van der Waals surface area contributed by atoms with Crippen LogP contribution < -0.4 is 10.5 Å². The van der Waals surface area contributed by atoms with Crippen LogP contribution in [0.4, 0.5) is 0 Å². The van der Waals surface area contributed by atoms with Crippen molar-refractivity contribution < 1.29 is 4.74 Å². The first-order valence-electron chi connectivity index (χ1n) is 6.37. The van der Waals surface area contributed by atoms with Crippen LogP contribution in [0.3, 0.4) is 0 Å². The van der Waals surface area contributed by atoms with E-state index in [1.165, 1.54) is 16.7 Å². The molecule has 0 saturated carbocycles. The predicted molar refractivity (Wildman–Crippen MR) is 90.0 cm³/mol. The molecule has 2 aromatic rings. The maximum absolute atomic E-state index is 5.93. The first kappa shape index (κ1) is 15.5. The maximum atomic E-state index is 5.93. The molecule has 0 radical (unpaired) electrons. The first-order chi connectivity index (χ1) is 9.49. The van der Waals surface area contributed by atoms with E-state index in [2.05, 4.69) is 63.9 Å². The minimum absolute atomic E-state index is 0.508. The third-order valence-corrected chi connectivity index (χ3v) is 4.14. The van der Waals surface area contributed by atoms with Crippen LogP contribution in [0.25, 0.3) is 0 Å². The van der Waals surface area contributed by atoms with Gasteiger partial charge in [-0.05, 0) is 69.0 Å². The summed E-state index contributed by atoms with van der Waals surface area (Å²) in [6, 6.07) is 10.4. The fourth-order valence-electron chi connectivity index (χ4n) is 2.18. The van der Waals surface area contributed by atoms with Crippen molar-refractivity contribution in [1.29, 1.82) is 0 Å². The van der Waals surface area contributed by atoms with E-state index in [-0.39, 0.29) is 0 Å². The van der Waals surface area contributed by atoms with E-state index in [0.717, 1.165) is 20.3 Å². The van der Waals surface area contributed by atoms with E-state index >= 15 is 0 Å². The quantitative estimate of drug-likeness (QED) is 0.797. The Labute approximate surface area is 136 Å². The van der Waals surface area contributed by atoms with Crippen molar-refractivity contribution in [2.45, 2.75) is 27.0 Å². The number of nitrogens with two attached hydrogens (primary N) is 1. The van der Waals surface area contributed by atoms with Crippen LogP contribution in [0.5, 0.6) is 5.75 Å². The van der Waals surface area contributed by atoms with Crippen LogP contribution in [-0.4, -0.2) is 0 Å². The van der Waals surface area contributed by atoms with Gasteiger partial charge in [-0.25, -0.2) is 0 Å². The van der Waals surface area contributed by atoms with Gasteiger partial charge in [-0.15, -0.1) is 0 Å². The molecule has 0 heterocycles. The molecule has 0 aliphatic rings. The summed E-state index contributed by atoms with van der Waals surface area (Å²) in [5.74, 6) is 0.807. The van der Waals surface area contributed by atoms with E-state index in [1.807, 2.05) is 12.1 Å². The molecule has 0 atom stereocenters. The molecule has 4 heteroatoms. The third-order valence-electron chi connectivity index (χ3n) is 2.96. The lowest BCUT2D eigenvalue weighted by molar-refractivity contribution is 0.302. The second-order valence-corrected chi connectivity index (χ2v) is 6.59. The molecular formula is C16H17Br2NO. The van der Waals surface area contributed by atoms with Gasteiger partial charge in [0.2, 0.25) is 0 Å². The van der Waals surface area contributed by atoms with E-state index in [4.69, 9.17) is 10.5 Å². The number of benzene rings is 2. The lowest BCUT2D eigenvalue weighted by Gasteiger charge is -2.12. The summed E-state index contributed by atoms with van der Waals surface area (Å²) in [5, 5.41) is 0. The zero-order valence-corrected chi connectivity index (χ0v) is 14.7. The van der Waals surface area contributed by atoms with Crippen molar-refractivity contribution in [3.8, 4) is 5.75 Å². The van der Waals surface area contributed by atoms with Gasteiger partial charge in [0.1, 0.15) is 12.4 Å². The number of aryl methyl sites for hydroxylation is 2. The highest BCUT2D eigenvalue weighted by Crippen LogP contribution is 2.35. The summed E-state index contributed by atoms with van der Waals surface area (Å²) in [4.78, 5) is 0. The number of halogens is 2. The van der Waals surface area contributed by atoms with Gasteiger partial charge in [-0.2, -0.15) is 0 Å². The molecule has 0 aliphatic heterocycles. The molecule has 0 bridgehead atoms. The van der Waals surface area contributed by atoms with Crippen molar-refractivity contribution in [3.63, 3.8) is 0 Å². The van der Waals surface area contributed by atoms with Gasteiger partial charge < -0.3 is 10.5 Å². The molecule has 0 aliphatic carbocycles. The Morgan fingerprint density at radius 2 is 1.45 bits per heavy atom. The summed E-state index contributed by atoms with van der Waals surface area (Å²) in [6.45, 7) is 5.24. The van der Waals surface area contributed by atoms with E-state index < -0.39 is 0 Å². The highest BCUT2D eigenvalue weighted by atomic mass is 79.9. The Morgan fingerprint density at radius 3 is 1.95 bits per heavy atom. The SMILES string of the molecule is Cc1cc(C)cc(COc2c(Br)cc(CN)cc2Br)c1. The molecular weight excluding hydrogens is 382 g/mol. The monoisotopic (exact) mass is 397 g/mol. The fourth-order valence-corrected chi connectivity index (χ4v) is 3.69. The van der Waals surface area contributed by atoms with E-state index in [1.54, 1.807) is 0 Å². The van der Waals surface area contributed by atoms with Crippen molar-refractivity contribution in [3.05, 3.63) is 61.5 Å². The minimum Gasteiger partial charge on any atom is -0.487 e. The zero-order valence-electron chi connectivity index (χ0n) is 11.5. The average molecular weight is 399 g/mol. The van der Waals surface area contributed by atoms with E-state index in [0.29, 0.717) is 13.2 Å². The van der Waals surface area contributed by atoms with Gasteiger partial charge in [0.15, 0.2) is 0 Å². The smallest absolute Gasteiger partial charge is 0.148 e. The lowest BCUT2D eigenvalue weighted by atomic mass is 10.1. The van der Waals surface area contributed by atoms with Crippen LogP contribution >= 0.6 is 31.9 Å². The summed E-state index contributed by atoms with van der Waals surface area (Å²) in [5.41, 5.74) is 10.4. The molecule has 20 heavy (non-hydrogen) atoms. The van der Waals surface area contributed by atoms with Crippen LogP contribution in [-0.2, 0) is 13.2 Å². The highest BCUT2D eigenvalue weighted by molar-refractivity contribution is 9.11. The van der Waals surface area contributed by atoms with Gasteiger partial charge in [0.25, 0.3) is 0 Å². The topological polar surface area (TPSA) is 35.2 Å². The third kappa shape index (κ3) is 3.84. The molecule has 0 aromatic heterocycles. The molecule has 106 valence electrons. The molecule has 2 rings (SSSR count). The first-order valence-corrected chi connectivity index (χ1v) is 7.96. The second-order valence-electron chi connectivity index (χ2n) is 4.88. The van der Waals surface area contributed by atoms with Gasteiger partial charge in [0, 0.05) is 6.54 Å². The molecule has 0 saturated heterocycles. The Bertz CT molecular complexity index is 583. The fraction of sp³-hybridized carbons (Fsp3) is 0.250. The lowest BCUT2D eigenvalue weighted by Crippen LogP contribution is -2.00. The zero-order chi connectivity index (χ0) is 14.7. The van der Waals surface area contributed by atoms with Crippen LogP contribution in [0.15, 0.2) is 39.3 Å². The summed E-state index contributed by atoms with van der Waals surface area (Å²) in [7, 11) is 0. The van der Waals surface area contributed by atoms with Crippen LogP contribution in [0.1, 0.15) is 22.3 Å². The van der Waals surface area contributed by atoms with Gasteiger partial charge in [-0.1, -0.05) is 29.3 Å². The van der Waals surface area contributed by atoms with Crippen molar-refractivity contribution in [2.24, 2.45) is 5.73 Å². The average Bonchev–Trinajstić information content (AvgIpc) is 2.36. The van der Waals surface area contributed by atoms with Crippen molar-refractivity contribution in [2.75, 3.05) is 0 Å². The molecule has 2 aromatic carbocycles. The maximum Gasteiger partial charge on any atom is 0.148 e. The Hall–Kier alpha value is -0.840.